The number of carbonyl (C=O) groups excluding carboxylic acids is 1. The van der Waals surface area contributed by atoms with Crippen molar-refractivity contribution in [1.82, 2.24) is 14.9 Å². The summed E-state index contributed by atoms with van der Waals surface area (Å²) in [5, 5.41) is 3.04. The molecule has 0 radical (unpaired) electrons. The van der Waals surface area contributed by atoms with E-state index in [1.54, 1.807) is 24.3 Å². The van der Waals surface area contributed by atoms with E-state index in [1.807, 2.05) is 6.07 Å². The van der Waals surface area contributed by atoms with Crippen LogP contribution in [0.4, 0.5) is 0 Å². The number of sulfonamides is 1. The van der Waals surface area contributed by atoms with Crippen molar-refractivity contribution in [1.29, 1.82) is 0 Å². The Bertz CT molecular complexity index is 1050. The van der Waals surface area contributed by atoms with Crippen molar-refractivity contribution in [3.8, 4) is 0 Å². The highest BCUT2D eigenvalue weighted by Crippen LogP contribution is 2.22. The summed E-state index contributed by atoms with van der Waals surface area (Å²) >= 11 is 0. The third-order valence-corrected chi connectivity index (χ3v) is 7.18. The number of carbonyl (C=O) groups is 1. The molecule has 31 heavy (non-hydrogen) atoms. The van der Waals surface area contributed by atoms with Crippen LogP contribution in [0.15, 0.2) is 64.5 Å². The number of aliphatic imine (C=N–C) groups is 1. The summed E-state index contributed by atoms with van der Waals surface area (Å²) in [6, 6.07) is 17.5. The van der Waals surface area contributed by atoms with Gasteiger partial charge in [-0.1, -0.05) is 48.9 Å². The fourth-order valence-corrected chi connectivity index (χ4v) is 5.41. The van der Waals surface area contributed by atoms with Gasteiger partial charge < -0.3 is 5.32 Å². The van der Waals surface area contributed by atoms with Crippen LogP contribution in [-0.4, -0.2) is 50.7 Å². The second-order valence-electron chi connectivity index (χ2n) is 7.99. The van der Waals surface area contributed by atoms with E-state index in [4.69, 9.17) is 0 Å². The maximum absolute atomic E-state index is 12.4. The Morgan fingerprint density at radius 2 is 1.87 bits per heavy atom. The number of rotatable bonds is 7. The topological polar surface area (TPSA) is 90.9 Å². The van der Waals surface area contributed by atoms with Gasteiger partial charge in [-0.2, -0.15) is 0 Å². The van der Waals surface area contributed by atoms with Crippen molar-refractivity contribution in [2.75, 3.05) is 19.6 Å². The fourth-order valence-electron chi connectivity index (χ4n) is 4.16. The zero-order chi connectivity index (χ0) is 21.7. The van der Waals surface area contributed by atoms with Gasteiger partial charge in [-0.15, -0.1) is 0 Å². The predicted molar refractivity (Wildman–Crippen MR) is 120 cm³/mol. The molecule has 164 valence electrons. The van der Waals surface area contributed by atoms with Crippen LogP contribution in [0.1, 0.15) is 36.8 Å². The van der Waals surface area contributed by atoms with Crippen LogP contribution in [0.3, 0.4) is 0 Å². The van der Waals surface area contributed by atoms with E-state index in [-0.39, 0.29) is 23.8 Å². The maximum Gasteiger partial charge on any atom is 0.263 e. The number of benzene rings is 2. The molecule has 2 aliphatic heterocycles. The molecule has 0 saturated carbocycles. The lowest BCUT2D eigenvalue weighted by Crippen LogP contribution is -2.46. The predicted octanol–water partition coefficient (Wildman–Crippen LogP) is 2.29. The Morgan fingerprint density at radius 3 is 2.71 bits per heavy atom. The van der Waals surface area contributed by atoms with Gasteiger partial charge in [0.15, 0.2) is 0 Å². The van der Waals surface area contributed by atoms with Crippen LogP contribution in [0.5, 0.6) is 0 Å². The third kappa shape index (κ3) is 5.32. The minimum absolute atomic E-state index is 0.0660. The van der Waals surface area contributed by atoms with Gasteiger partial charge in [-0.3, -0.25) is 19.4 Å². The average molecular weight is 441 g/mol. The van der Waals surface area contributed by atoms with E-state index in [0.717, 1.165) is 19.5 Å². The Hall–Kier alpha value is -2.71. The van der Waals surface area contributed by atoms with E-state index in [0.29, 0.717) is 24.0 Å². The lowest BCUT2D eigenvalue weighted by molar-refractivity contribution is -0.121. The van der Waals surface area contributed by atoms with Crippen LogP contribution < -0.4 is 10.0 Å². The first kappa shape index (κ1) is 21.5. The van der Waals surface area contributed by atoms with E-state index in [1.165, 1.54) is 18.4 Å². The highest BCUT2D eigenvalue weighted by Gasteiger charge is 2.30. The van der Waals surface area contributed by atoms with Crippen LogP contribution in [0.2, 0.25) is 0 Å². The van der Waals surface area contributed by atoms with Crippen LogP contribution >= 0.6 is 0 Å². The molecular formula is C23H28N4O3S. The Kier molecular flexibility index (Phi) is 6.67. The van der Waals surface area contributed by atoms with Gasteiger partial charge >= 0.3 is 0 Å². The summed E-state index contributed by atoms with van der Waals surface area (Å²) in [5.41, 5.74) is 1.84. The van der Waals surface area contributed by atoms with Crippen molar-refractivity contribution < 1.29 is 13.2 Å². The molecule has 2 N–H and O–H groups in total. The SMILES string of the molecule is O=C(CCN=C1NS(=O)(=O)c2ccccc21)NCC1CCCCN1Cc1ccccc1. The van der Waals surface area contributed by atoms with Crippen LogP contribution in [0, 0.1) is 0 Å². The first-order valence-corrected chi connectivity index (χ1v) is 12.2. The number of hydrogen-bond acceptors (Lipinski definition) is 5. The van der Waals surface area contributed by atoms with Crippen molar-refractivity contribution in [2.24, 2.45) is 4.99 Å². The van der Waals surface area contributed by atoms with Gasteiger partial charge in [-0.25, -0.2) is 8.42 Å². The maximum atomic E-state index is 12.4. The number of amidine groups is 1. The molecule has 2 aliphatic rings. The number of likely N-dealkylation sites (tertiary alicyclic amines) is 1. The molecule has 1 amide bonds. The number of amides is 1. The van der Waals surface area contributed by atoms with Crippen LogP contribution in [-0.2, 0) is 21.4 Å². The summed E-state index contributed by atoms with van der Waals surface area (Å²) in [5.74, 6) is 0.244. The molecule has 1 atom stereocenters. The van der Waals surface area contributed by atoms with Gasteiger partial charge in [-0.05, 0) is 37.1 Å². The summed E-state index contributed by atoms with van der Waals surface area (Å²) in [7, 11) is -3.55. The van der Waals surface area contributed by atoms with Crippen molar-refractivity contribution in [2.45, 2.75) is 43.2 Å². The van der Waals surface area contributed by atoms with Gasteiger partial charge in [0, 0.05) is 31.1 Å². The van der Waals surface area contributed by atoms with E-state index in [2.05, 4.69) is 44.2 Å². The molecule has 0 spiro atoms. The lowest BCUT2D eigenvalue weighted by atomic mass is 10.0. The highest BCUT2D eigenvalue weighted by atomic mass is 32.2. The zero-order valence-corrected chi connectivity index (χ0v) is 18.3. The molecular weight excluding hydrogens is 412 g/mol. The molecule has 0 aromatic heterocycles. The lowest BCUT2D eigenvalue weighted by Gasteiger charge is -2.35. The molecule has 8 heteroatoms. The Labute approximate surface area is 183 Å². The molecule has 0 aliphatic carbocycles. The normalized spacial score (nSPS) is 21.4. The molecule has 0 bridgehead atoms. The summed E-state index contributed by atoms with van der Waals surface area (Å²) in [6.07, 6.45) is 3.66. The summed E-state index contributed by atoms with van der Waals surface area (Å²) in [6.45, 7) is 2.80. The third-order valence-electron chi connectivity index (χ3n) is 5.78. The first-order valence-electron chi connectivity index (χ1n) is 10.7. The Morgan fingerprint density at radius 1 is 1.10 bits per heavy atom. The monoisotopic (exact) mass is 440 g/mol. The van der Waals surface area contributed by atoms with Crippen molar-refractivity contribution in [3.63, 3.8) is 0 Å². The van der Waals surface area contributed by atoms with Gasteiger partial charge in [0.25, 0.3) is 10.0 Å². The number of fused-ring (bicyclic) bond motifs is 1. The number of nitrogens with zero attached hydrogens (tertiary/aromatic N) is 2. The standard InChI is InChI=1S/C23H28N4O3S/c28-22(13-14-24-23-20-11-4-5-12-21(20)31(29,30)26-23)25-16-19-10-6-7-15-27(19)17-18-8-2-1-3-9-18/h1-5,8-9,11-12,19H,6-7,10,13-17H2,(H,24,26)(H,25,28). The smallest absolute Gasteiger partial charge is 0.263 e. The first-order chi connectivity index (χ1) is 15.0. The minimum Gasteiger partial charge on any atom is -0.354 e. The highest BCUT2D eigenvalue weighted by molar-refractivity contribution is 7.90. The average Bonchev–Trinajstić information content (AvgIpc) is 3.04. The molecule has 4 rings (SSSR count). The largest absolute Gasteiger partial charge is 0.354 e. The Balaban J connectivity index is 1.28. The molecule has 1 unspecified atom stereocenters. The number of nitrogens with one attached hydrogen (secondary N) is 2. The summed E-state index contributed by atoms with van der Waals surface area (Å²) < 4.78 is 26.7. The van der Waals surface area contributed by atoms with E-state index in [9.17, 15) is 13.2 Å². The van der Waals surface area contributed by atoms with Gasteiger partial charge in [0.05, 0.1) is 11.4 Å². The van der Waals surface area contributed by atoms with E-state index < -0.39 is 10.0 Å². The minimum atomic E-state index is -3.55. The second kappa shape index (κ2) is 9.62. The molecule has 1 fully saturated rings. The van der Waals surface area contributed by atoms with Crippen LogP contribution in [0.25, 0.3) is 0 Å². The number of piperidine rings is 1. The molecule has 2 aromatic rings. The molecule has 7 nitrogen and oxygen atoms in total. The summed E-state index contributed by atoms with van der Waals surface area (Å²) in [4.78, 5) is 19.4. The van der Waals surface area contributed by atoms with Crippen molar-refractivity contribution >= 4 is 21.8 Å². The van der Waals surface area contributed by atoms with Gasteiger partial charge in [0.2, 0.25) is 5.91 Å². The number of hydrogen-bond donors (Lipinski definition) is 2. The second-order valence-corrected chi connectivity index (χ2v) is 9.64. The molecule has 2 aromatic carbocycles. The fraction of sp³-hybridized carbons (Fsp3) is 0.391. The van der Waals surface area contributed by atoms with Gasteiger partial charge in [0.1, 0.15) is 5.84 Å². The van der Waals surface area contributed by atoms with E-state index >= 15 is 0 Å². The zero-order valence-electron chi connectivity index (χ0n) is 17.5. The molecule has 2 heterocycles. The quantitative estimate of drug-likeness (QED) is 0.691. The molecule has 1 saturated heterocycles. The van der Waals surface area contributed by atoms with Crippen molar-refractivity contribution in [3.05, 3.63) is 65.7 Å².